The van der Waals surface area contributed by atoms with Crippen LogP contribution in [0.1, 0.15) is 11.3 Å². The summed E-state index contributed by atoms with van der Waals surface area (Å²) in [5, 5.41) is 13.8. The van der Waals surface area contributed by atoms with Crippen LogP contribution in [0.3, 0.4) is 0 Å². The number of rotatable bonds is 8. The number of furan rings is 1. The van der Waals surface area contributed by atoms with E-state index in [1.165, 1.54) is 30.1 Å². The molecule has 0 saturated carbocycles. The van der Waals surface area contributed by atoms with E-state index in [4.69, 9.17) is 4.42 Å². The summed E-state index contributed by atoms with van der Waals surface area (Å²) in [5.41, 5.74) is 3.50. The van der Waals surface area contributed by atoms with Gasteiger partial charge in [-0.15, -0.1) is 5.10 Å². The number of H-pyrrole nitrogens is 1. The summed E-state index contributed by atoms with van der Waals surface area (Å²) < 4.78 is 17.9. The number of nitrogens with one attached hydrogen (secondary N) is 3. The van der Waals surface area contributed by atoms with Gasteiger partial charge in [0.1, 0.15) is 11.6 Å². The minimum absolute atomic E-state index is 0.161. The van der Waals surface area contributed by atoms with E-state index in [0.29, 0.717) is 23.4 Å². The summed E-state index contributed by atoms with van der Waals surface area (Å²) in [6, 6.07) is 9.47. The van der Waals surface area contributed by atoms with E-state index >= 15 is 0 Å². The average molecular weight is 374 g/mol. The number of hydrogen-bond donors (Lipinski definition) is 3. The molecular weight excluding hydrogens is 359 g/mol. The highest BCUT2D eigenvalue weighted by molar-refractivity contribution is 7.99. The zero-order chi connectivity index (χ0) is 18.2. The molecule has 0 saturated heterocycles. The first-order chi connectivity index (χ1) is 12.7. The summed E-state index contributed by atoms with van der Waals surface area (Å²) >= 11 is 1.18. The number of carbonyl (C=O) groups excluding carboxylic acids is 1. The number of hydrazone groups is 1. The number of amides is 1. The van der Waals surface area contributed by atoms with Gasteiger partial charge >= 0.3 is 0 Å². The normalized spacial score (nSPS) is 11.0. The number of benzene rings is 1. The predicted octanol–water partition coefficient (Wildman–Crippen LogP) is 2.39. The van der Waals surface area contributed by atoms with Gasteiger partial charge in [0.15, 0.2) is 0 Å². The van der Waals surface area contributed by atoms with Crippen LogP contribution in [0, 0.1) is 5.82 Å². The predicted molar refractivity (Wildman–Crippen MR) is 95.3 cm³/mol. The van der Waals surface area contributed by atoms with E-state index in [2.05, 4.69) is 31.0 Å². The second kappa shape index (κ2) is 8.81. The Morgan fingerprint density at radius 2 is 2.19 bits per heavy atom. The fourth-order valence-corrected chi connectivity index (χ4v) is 2.50. The molecule has 2 heterocycles. The molecule has 2 aromatic heterocycles. The molecule has 0 spiro atoms. The molecule has 1 aromatic carbocycles. The molecule has 0 aliphatic rings. The summed E-state index contributed by atoms with van der Waals surface area (Å²) in [5.74, 6) is 0.632. The third-order valence-electron chi connectivity index (χ3n) is 3.11. The lowest BCUT2D eigenvalue weighted by atomic mass is 10.2. The largest absolute Gasteiger partial charge is 0.463 e. The van der Waals surface area contributed by atoms with Crippen molar-refractivity contribution in [2.75, 3.05) is 11.2 Å². The SMILES string of the molecule is O=C(CSc1n[nH]c(N/N=C\c2ccco2)n1)NCc1ccc(F)cc1. The lowest BCUT2D eigenvalue weighted by molar-refractivity contribution is -0.118. The number of anilines is 1. The van der Waals surface area contributed by atoms with Crippen molar-refractivity contribution in [2.45, 2.75) is 11.7 Å². The standard InChI is InChI=1S/C16H15FN6O2S/c17-12-5-3-11(4-6-12)8-18-14(24)10-26-16-20-15(22-23-16)21-19-9-13-2-1-7-25-13/h1-7,9H,8,10H2,(H,18,24)(H2,20,21,22,23)/b19-9-. The number of nitrogens with zero attached hydrogens (tertiary/aromatic N) is 3. The van der Waals surface area contributed by atoms with E-state index in [-0.39, 0.29) is 17.5 Å². The van der Waals surface area contributed by atoms with Crippen molar-refractivity contribution >= 4 is 29.8 Å². The number of halogens is 1. The van der Waals surface area contributed by atoms with Crippen LogP contribution in [0.2, 0.25) is 0 Å². The van der Waals surface area contributed by atoms with Crippen LogP contribution >= 0.6 is 11.8 Å². The molecule has 0 aliphatic carbocycles. The van der Waals surface area contributed by atoms with Gasteiger partial charge in [0, 0.05) is 6.54 Å². The molecule has 0 bridgehead atoms. The van der Waals surface area contributed by atoms with Crippen LogP contribution in [0.4, 0.5) is 10.3 Å². The van der Waals surface area contributed by atoms with Crippen molar-refractivity contribution in [1.29, 1.82) is 0 Å². The third kappa shape index (κ3) is 5.45. The fraction of sp³-hybridized carbons (Fsp3) is 0.125. The first-order valence-corrected chi connectivity index (χ1v) is 8.56. The van der Waals surface area contributed by atoms with E-state index in [9.17, 15) is 9.18 Å². The molecule has 3 rings (SSSR count). The zero-order valence-electron chi connectivity index (χ0n) is 13.5. The minimum atomic E-state index is -0.307. The molecule has 0 aliphatic heterocycles. The Morgan fingerprint density at radius 1 is 1.35 bits per heavy atom. The Hall–Kier alpha value is -3.14. The average Bonchev–Trinajstić information content (AvgIpc) is 3.32. The van der Waals surface area contributed by atoms with Crippen molar-refractivity contribution in [3.8, 4) is 0 Å². The number of thioether (sulfide) groups is 1. The highest BCUT2D eigenvalue weighted by Gasteiger charge is 2.07. The number of carbonyl (C=O) groups is 1. The molecule has 0 radical (unpaired) electrons. The molecular formula is C16H15FN6O2S. The summed E-state index contributed by atoms with van der Waals surface area (Å²) in [6.07, 6.45) is 3.05. The zero-order valence-corrected chi connectivity index (χ0v) is 14.3. The second-order valence-electron chi connectivity index (χ2n) is 5.04. The second-order valence-corrected chi connectivity index (χ2v) is 5.99. The summed E-state index contributed by atoms with van der Waals surface area (Å²) in [6.45, 7) is 0.335. The Balaban J connectivity index is 1.39. The number of aromatic nitrogens is 3. The van der Waals surface area contributed by atoms with Crippen LogP contribution in [0.5, 0.6) is 0 Å². The van der Waals surface area contributed by atoms with Crippen LogP contribution < -0.4 is 10.7 Å². The first-order valence-electron chi connectivity index (χ1n) is 7.58. The maximum Gasteiger partial charge on any atom is 0.240 e. The molecule has 3 N–H and O–H groups in total. The van der Waals surface area contributed by atoms with E-state index < -0.39 is 0 Å². The van der Waals surface area contributed by atoms with Crippen molar-refractivity contribution in [1.82, 2.24) is 20.5 Å². The summed E-state index contributed by atoms with van der Waals surface area (Å²) in [7, 11) is 0. The van der Waals surface area contributed by atoms with Gasteiger partial charge in [0.2, 0.25) is 17.0 Å². The molecule has 0 atom stereocenters. The summed E-state index contributed by atoms with van der Waals surface area (Å²) in [4.78, 5) is 16.0. The topological polar surface area (TPSA) is 108 Å². The molecule has 1 amide bonds. The Morgan fingerprint density at radius 3 is 2.96 bits per heavy atom. The van der Waals surface area contributed by atoms with Gasteiger partial charge in [0.25, 0.3) is 0 Å². The number of hydrogen-bond acceptors (Lipinski definition) is 7. The molecule has 3 aromatic rings. The molecule has 8 nitrogen and oxygen atoms in total. The Bertz CT molecular complexity index is 863. The molecule has 10 heteroatoms. The quantitative estimate of drug-likeness (QED) is 0.317. The first kappa shape index (κ1) is 17.7. The van der Waals surface area contributed by atoms with Crippen molar-refractivity contribution in [2.24, 2.45) is 5.10 Å². The maximum absolute atomic E-state index is 12.8. The van der Waals surface area contributed by atoms with Gasteiger partial charge in [-0.3, -0.25) is 4.79 Å². The van der Waals surface area contributed by atoms with E-state index in [1.54, 1.807) is 30.5 Å². The van der Waals surface area contributed by atoms with Gasteiger partial charge in [-0.25, -0.2) is 14.9 Å². The lowest BCUT2D eigenvalue weighted by Gasteiger charge is -2.04. The van der Waals surface area contributed by atoms with Crippen molar-refractivity contribution in [3.63, 3.8) is 0 Å². The maximum atomic E-state index is 12.8. The molecule has 0 fully saturated rings. The monoisotopic (exact) mass is 374 g/mol. The van der Waals surface area contributed by atoms with Crippen LogP contribution in [0.15, 0.2) is 57.3 Å². The Labute approximate surface area is 152 Å². The number of aromatic amines is 1. The minimum Gasteiger partial charge on any atom is -0.463 e. The van der Waals surface area contributed by atoms with Crippen LogP contribution in [-0.2, 0) is 11.3 Å². The highest BCUT2D eigenvalue weighted by Crippen LogP contribution is 2.13. The van der Waals surface area contributed by atoms with Gasteiger partial charge in [-0.05, 0) is 29.8 Å². The third-order valence-corrected chi connectivity index (χ3v) is 3.95. The van der Waals surface area contributed by atoms with Gasteiger partial charge < -0.3 is 9.73 Å². The fourth-order valence-electron chi connectivity index (χ4n) is 1.87. The smallest absolute Gasteiger partial charge is 0.240 e. The van der Waals surface area contributed by atoms with Gasteiger partial charge in [-0.1, -0.05) is 23.9 Å². The van der Waals surface area contributed by atoms with Crippen LogP contribution in [-0.4, -0.2) is 33.1 Å². The van der Waals surface area contributed by atoms with Crippen LogP contribution in [0.25, 0.3) is 0 Å². The molecule has 26 heavy (non-hydrogen) atoms. The van der Waals surface area contributed by atoms with Crippen molar-refractivity contribution < 1.29 is 13.6 Å². The Kier molecular flexibility index (Phi) is 5.99. The molecule has 134 valence electrons. The van der Waals surface area contributed by atoms with E-state index in [1.807, 2.05) is 0 Å². The lowest BCUT2D eigenvalue weighted by Crippen LogP contribution is -2.24. The van der Waals surface area contributed by atoms with E-state index in [0.717, 1.165) is 5.56 Å². The highest BCUT2D eigenvalue weighted by atomic mass is 32.2. The van der Waals surface area contributed by atoms with Gasteiger partial charge in [0.05, 0.1) is 18.2 Å². The van der Waals surface area contributed by atoms with Crippen molar-refractivity contribution in [3.05, 3.63) is 59.8 Å². The van der Waals surface area contributed by atoms with Gasteiger partial charge in [-0.2, -0.15) is 10.1 Å². The molecule has 0 unspecified atom stereocenters.